The summed E-state index contributed by atoms with van der Waals surface area (Å²) in [5.74, 6) is 1.13. The molecule has 1 aliphatic heterocycles. The van der Waals surface area contributed by atoms with Crippen molar-refractivity contribution in [3.63, 3.8) is 0 Å². The van der Waals surface area contributed by atoms with Crippen LogP contribution < -0.4 is 4.57 Å². The summed E-state index contributed by atoms with van der Waals surface area (Å²) < 4.78 is 34.6. The normalized spacial score (nSPS) is 16.3. The Labute approximate surface area is 211 Å². The molecule has 0 atom stereocenters. The molecule has 180 valence electrons. The Morgan fingerprint density at radius 2 is 1.89 bits per heavy atom. The minimum Gasteiger partial charge on any atom is -0.437 e. The number of nitrogens with zero attached hydrogens (tertiary/aromatic N) is 3. The highest BCUT2D eigenvalue weighted by Crippen LogP contribution is 2.39. The first-order valence-corrected chi connectivity index (χ1v) is 12.8. The van der Waals surface area contributed by atoms with Crippen molar-refractivity contribution in [3.8, 4) is 11.4 Å². The minimum absolute atomic E-state index is 0.0557. The van der Waals surface area contributed by atoms with Gasteiger partial charge in [0.15, 0.2) is 16.6 Å². The molecule has 4 heterocycles. The van der Waals surface area contributed by atoms with Crippen molar-refractivity contribution in [1.29, 1.82) is 0 Å². The van der Waals surface area contributed by atoms with E-state index < -0.39 is 6.85 Å². The first kappa shape index (κ1) is 19.1. The van der Waals surface area contributed by atoms with Crippen molar-refractivity contribution in [2.75, 3.05) is 0 Å². The number of aromatic nitrogens is 3. The number of pyridine rings is 1. The van der Waals surface area contributed by atoms with Gasteiger partial charge in [0.25, 0.3) is 5.82 Å². The van der Waals surface area contributed by atoms with Crippen LogP contribution in [0.25, 0.3) is 44.5 Å². The van der Waals surface area contributed by atoms with E-state index in [-0.39, 0.29) is 11.1 Å². The van der Waals surface area contributed by atoms with Gasteiger partial charge in [-0.25, -0.2) is 14.1 Å². The molecule has 0 N–H and O–H groups in total. The van der Waals surface area contributed by atoms with E-state index in [0.717, 1.165) is 59.1 Å². The van der Waals surface area contributed by atoms with Gasteiger partial charge >= 0.3 is 0 Å². The number of hydrogen-bond acceptors (Lipinski definition) is 2. The summed E-state index contributed by atoms with van der Waals surface area (Å²) in [6.07, 6.45) is 5.72. The van der Waals surface area contributed by atoms with Crippen LogP contribution in [0.15, 0.2) is 40.8 Å². The van der Waals surface area contributed by atoms with Gasteiger partial charge in [0.1, 0.15) is 5.56 Å². The van der Waals surface area contributed by atoms with Gasteiger partial charge in [0, 0.05) is 26.1 Å². The number of aryl methyl sites for hydroxylation is 5. The molecular formula is C31H36N3O+. The molecule has 0 spiro atoms. The highest BCUT2D eigenvalue weighted by molar-refractivity contribution is 6.08. The van der Waals surface area contributed by atoms with E-state index in [1.165, 1.54) is 35.0 Å². The minimum atomic E-state index is -2.28. The molecule has 0 unspecified atom stereocenters. The summed E-state index contributed by atoms with van der Waals surface area (Å²) in [5, 5.41) is 1.80. The van der Waals surface area contributed by atoms with E-state index in [1.54, 1.807) is 6.07 Å². The number of imidazole rings is 1. The summed E-state index contributed by atoms with van der Waals surface area (Å²) in [7, 11) is 2.16. The van der Waals surface area contributed by atoms with Crippen molar-refractivity contribution < 1.29 is 13.1 Å². The van der Waals surface area contributed by atoms with Crippen molar-refractivity contribution >= 4 is 33.1 Å². The smallest absolute Gasteiger partial charge is 0.293 e. The zero-order valence-corrected chi connectivity index (χ0v) is 21.5. The number of hydrogen-bond donors (Lipinski definition) is 0. The molecule has 0 saturated heterocycles. The Morgan fingerprint density at radius 1 is 1.06 bits per heavy atom. The van der Waals surface area contributed by atoms with Crippen LogP contribution in [0.1, 0.15) is 66.5 Å². The van der Waals surface area contributed by atoms with Crippen molar-refractivity contribution in [2.24, 2.45) is 12.5 Å². The number of fused-ring (bicyclic) bond motifs is 3. The standard InChI is InChI=1S/C31H36N3O/c1-19-11-14-23-24-15-12-20(2)32-29(24)35-28(23)26(19)30-33(6)25-16-13-21(18-31(3,4)5)22-10-8-7-9-17-34(30)27(22)25/h11-16H,7-10,17-18H2,1-6H3/q+1/i2D3. The zero-order valence-electron chi connectivity index (χ0n) is 24.5. The van der Waals surface area contributed by atoms with Crippen molar-refractivity contribution in [2.45, 2.75) is 73.2 Å². The first-order valence-electron chi connectivity index (χ1n) is 14.3. The van der Waals surface area contributed by atoms with Crippen LogP contribution >= 0.6 is 0 Å². The highest BCUT2D eigenvalue weighted by atomic mass is 16.3. The molecule has 0 fully saturated rings. The summed E-state index contributed by atoms with van der Waals surface area (Å²) in [4.78, 5) is 4.41. The molecule has 0 bridgehead atoms. The number of rotatable bonds is 2. The molecular weight excluding hydrogens is 430 g/mol. The van der Waals surface area contributed by atoms with Gasteiger partial charge in [0.2, 0.25) is 5.71 Å². The lowest BCUT2D eigenvalue weighted by atomic mass is 9.84. The van der Waals surface area contributed by atoms with Crippen LogP contribution in [0.2, 0.25) is 0 Å². The van der Waals surface area contributed by atoms with Crippen LogP contribution in [0.4, 0.5) is 0 Å². The maximum atomic E-state index is 7.80. The van der Waals surface area contributed by atoms with E-state index in [9.17, 15) is 0 Å². The molecule has 35 heavy (non-hydrogen) atoms. The largest absolute Gasteiger partial charge is 0.437 e. The fourth-order valence-electron chi connectivity index (χ4n) is 6.02. The molecule has 6 rings (SSSR count). The lowest BCUT2D eigenvalue weighted by molar-refractivity contribution is -0.662. The zero-order chi connectivity index (χ0) is 27.0. The maximum absolute atomic E-state index is 7.80. The Morgan fingerprint density at radius 3 is 2.69 bits per heavy atom. The Hall–Kier alpha value is -3.14. The van der Waals surface area contributed by atoms with E-state index in [0.29, 0.717) is 5.71 Å². The fraction of sp³-hybridized carbons (Fsp3) is 0.419. The predicted molar refractivity (Wildman–Crippen MR) is 144 cm³/mol. The SMILES string of the molecule is [2H]C([2H])([2H])c1ccc2c(n1)oc1c(-c3n(C)c4ccc(CC(C)(C)C)c5c4[n+]3CCCCC5)c(C)ccc12. The van der Waals surface area contributed by atoms with E-state index in [1.807, 2.05) is 6.07 Å². The topological polar surface area (TPSA) is 34.8 Å². The van der Waals surface area contributed by atoms with Gasteiger partial charge in [0.05, 0.1) is 13.6 Å². The lowest BCUT2D eigenvalue weighted by Gasteiger charge is -2.21. The van der Waals surface area contributed by atoms with E-state index >= 15 is 0 Å². The second-order valence-electron chi connectivity index (χ2n) is 11.4. The fourth-order valence-corrected chi connectivity index (χ4v) is 6.02. The monoisotopic (exact) mass is 469 g/mol. The van der Waals surface area contributed by atoms with Crippen LogP contribution in [-0.4, -0.2) is 9.55 Å². The molecule has 0 radical (unpaired) electrons. The Kier molecular flexibility index (Phi) is 4.33. The maximum Gasteiger partial charge on any atom is 0.293 e. The molecule has 4 heteroatoms. The average molecular weight is 470 g/mol. The van der Waals surface area contributed by atoms with E-state index in [4.69, 9.17) is 8.53 Å². The Balaban J connectivity index is 1.67. The van der Waals surface area contributed by atoms with Gasteiger partial charge in [-0.3, -0.25) is 0 Å². The predicted octanol–water partition coefficient (Wildman–Crippen LogP) is 7.36. The lowest BCUT2D eigenvalue weighted by Crippen LogP contribution is -2.37. The van der Waals surface area contributed by atoms with Gasteiger partial charge < -0.3 is 4.42 Å². The van der Waals surface area contributed by atoms with Crippen LogP contribution in [0.3, 0.4) is 0 Å². The molecule has 0 saturated carbocycles. The molecule has 0 aliphatic carbocycles. The van der Waals surface area contributed by atoms with Crippen molar-refractivity contribution in [1.82, 2.24) is 9.55 Å². The summed E-state index contributed by atoms with van der Waals surface area (Å²) in [6, 6.07) is 12.3. The van der Waals surface area contributed by atoms with Crippen LogP contribution in [0.5, 0.6) is 0 Å². The number of benzene rings is 2. The first-order chi connectivity index (χ1) is 17.9. The average Bonchev–Trinajstić information content (AvgIpc) is 3.31. The summed E-state index contributed by atoms with van der Waals surface area (Å²) >= 11 is 0. The summed E-state index contributed by atoms with van der Waals surface area (Å²) in [6.45, 7) is 7.75. The molecule has 5 aromatic rings. The molecule has 2 aromatic carbocycles. The van der Waals surface area contributed by atoms with Crippen molar-refractivity contribution in [3.05, 3.63) is 58.8 Å². The highest BCUT2D eigenvalue weighted by Gasteiger charge is 2.32. The third kappa shape index (κ3) is 3.57. The third-order valence-corrected chi connectivity index (χ3v) is 7.53. The second-order valence-corrected chi connectivity index (χ2v) is 11.4. The van der Waals surface area contributed by atoms with Gasteiger partial charge in [-0.05, 0) is 80.6 Å². The van der Waals surface area contributed by atoms with Crippen LogP contribution in [-0.2, 0) is 26.4 Å². The van der Waals surface area contributed by atoms with Gasteiger partial charge in [-0.2, -0.15) is 0 Å². The molecule has 3 aromatic heterocycles. The van der Waals surface area contributed by atoms with Crippen LogP contribution in [0, 0.1) is 19.2 Å². The van der Waals surface area contributed by atoms with Gasteiger partial charge in [-0.1, -0.05) is 39.0 Å². The third-order valence-electron chi connectivity index (χ3n) is 7.53. The Bertz CT molecular complexity index is 1720. The van der Waals surface area contributed by atoms with Gasteiger partial charge in [-0.15, -0.1) is 0 Å². The molecule has 1 aliphatic rings. The summed E-state index contributed by atoms with van der Waals surface area (Å²) in [5.41, 5.74) is 9.12. The quantitative estimate of drug-likeness (QED) is 0.253. The molecule has 0 amide bonds. The van der Waals surface area contributed by atoms with E-state index in [2.05, 4.69) is 73.1 Å². The number of furan rings is 1. The second kappa shape index (κ2) is 7.94. The molecule has 4 nitrogen and oxygen atoms in total.